The molecular formula is C11H16BrClN2S. The van der Waals surface area contributed by atoms with E-state index in [1.807, 2.05) is 0 Å². The molecular weight excluding hydrogens is 308 g/mol. The van der Waals surface area contributed by atoms with E-state index in [9.17, 15) is 0 Å². The van der Waals surface area contributed by atoms with Gasteiger partial charge in [-0.15, -0.1) is 11.3 Å². The van der Waals surface area contributed by atoms with E-state index >= 15 is 0 Å². The lowest BCUT2D eigenvalue weighted by Gasteiger charge is -2.26. The average Bonchev–Trinajstić information content (AvgIpc) is 2.97. The van der Waals surface area contributed by atoms with Gasteiger partial charge in [-0.3, -0.25) is 4.90 Å². The van der Waals surface area contributed by atoms with E-state index in [4.69, 9.17) is 17.3 Å². The van der Waals surface area contributed by atoms with Crippen molar-refractivity contribution in [2.75, 3.05) is 13.6 Å². The fraction of sp³-hybridized carbons (Fsp3) is 0.636. The van der Waals surface area contributed by atoms with Gasteiger partial charge in [0.25, 0.3) is 0 Å². The average molecular weight is 324 g/mol. The number of rotatable bonds is 5. The first-order chi connectivity index (χ1) is 7.61. The summed E-state index contributed by atoms with van der Waals surface area (Å²) in [5.74, 6) is 0.814. The fourth-order valence-corrected chi connectivity index (χ4v) is 3.90. The molecule has 2 nitrogen and oxygen atoms in total. The minimum atomic E-state index is 0.527. The van der Waals surface area contributed by atoms with Crippen LogP contribution in [0.1, 0.15) is 17.7 Å². The van der Waals surface area contributed by atoms with Crippen LogP contribution in [-0.4, -0.2) is 24.5 Å². The quantitative estimate of drug-likeness (QED) is 0.900. The lowest BCUT2D eigenvalue weighted by atomic mass is 10.1. The smallest absolute Gasteiger partial charge is 0.107 e. The number of nitrogens with two attached hydrogens (primary N) is 1. The molecule has 90 valence electrons. The molecule has 0 aliphatic heterocycles. The van der Waals surface area contributed by atoms with E-state index in [1.54, 1.807) is 11.3 Å². The van der Waals surface area contributed by atoms with Crippen LogP contribution >= 0.6 is 38.9 Å². The van der Waals surface area contributed by atoms with E-state index in [2.05, 4.69) is 33.9 Å². The van der Waals surface area contributed by atoms with E-state index in [0.717, 1.165) is 27.8 Å². The number of likely N-dealkylation sites (N-methyl/N-ethyl adjacent to an activating group) is 1. The van der Waals surface area contributed by atoms with Crippen LogP contribution in [0.2, 0.25) is 4.34 Å². The molecule has 1 aromatic heterocycles. The molecule has 1 aliphatic rings. The molecule has 1 heterocycles. The molecule has 1 fully saturated rings. The maximum absolute atomic E-state index is 6.03. The molecule has 0 aromatic carbocycles. The zero-order valence-electron chi connectivity index (χ0n) is 9.25. The molecule has 5 heteroatoms. The van der Waals surface area contributed by atoms with Gasteiger partial charge in [0.2, 0.25) is 0 Å². The first-order valence-electron chi connectivity index (χ1n) is 5.46. The molecule has 0 amide bonds. The first-order valence-corrected chi connectivity index (χ1v) is 7.44. The van der Waals surface area contributed by atoms with E-state index in [0.29, 0.717) is 6.04 Å². The normalized spacial score (nSPS) is 18.1. The molecule has 2 N–H and O–H groups in total. The highest BCUT2D eigenvalue weighted by molar-refractivity contribution is 9.10. The van der Waals surface area contributed by atoms with Crippen molar-refractivity contribution in [3.05, 3.63) is 19.8 Å². The van der Waals surface area contributed by atoms with Crippen molar-refractivity contribution >= 4 is 38.9 Å². The minimum Gasteiger partial charge on any atom is -0.329 e. The Balaban J connectivity index is 1.97. The minimum absolute atomic E-state index is 0.527. The summed E-state index contributed by atoms with van der Waals surface area (Å²) in [6.45, 7) is 1.69. The second-order valence-electron chi connectivity index (χ2n) is 4.39. The van der Waals surface area contributed by atoms with Gasteiger partial charge in [0.15, 0.2) is 0 Å². The standard InChI is InChI=1S/C11H16BrClN2S/c1-15(10(5-14)7-2-3-7)6-8-4-9(12)11(13)16-8/h4,7,10H,2-3,5-6,14H2,1H3. The Morgan fingerprint density at radius 3 is 2.81 bits per heavy atom. The van der Waals surface area contributed by atoms with Crippen molar-refractivity contribution in [3.8, 4) is 0 Å². The highest BCUT2D eigenvalue weighted by atomic mass is 79.9. The first kappa shape index (κ1) is 12.8. The van der Waals surface area contributed by atoms with Crippen LogP contribution in [0, 0.1) is 5.92 Å². The summed E-state index contributed by atoms with van der Waals surface area (Å²) >= 11 is 11.1. The molecule has 1 unspecified atom stereocenters. The van der Waals surface area contributed by atoms with Crippen molar-refractivity contribution in [1.29, 1.82) is 0 Å². The van der Waals surface area contributed by atoms with Crippen LogP contribution in [0.15, 0.2) is 10.5 Å². The van der Waals surface area contributed by atoms with Crippen LogP contribution in [0.5, 0.6) is 0 Å². The van der Waals surface area contributed by atoms with E-state index in [1.165, 1.54) is 17.7 Å². The molecule has 2 rings (SSSR count). The lowest BCUT2D eigenvalue weighted by Crippen LogP contribution is -2.38. The molecule has 0 saturated heterocycles. The maximum Gasteiger partial charge on any atom is 0.107 e. The Labute approximate surface area is 114 Å². The molecule has 16 heavy (non-hydrogen) atoms. The monoisotopic (exact) mass is 322 g/mol. The van der Waals surface area contributed by atoms with Gasteiger partial charge in [-0.25, -0.2) is 0 Å². The largest absolute Gasteiger partial charge is 0.329 e. The summed E-state index contributed by atoms with van der Waals surface area (Å²) < 4.78 is 1.83. The van der Waals surface area contributed by atoms with Crippen molar-refractivity contribution in [2.24, 2.45) is 11.7 Å². The third-order valence-electron chi connectivity index (χ3n) is 3.08. The lowest BCUT2D eigenvalue weighted by molar-refractivity contribution is 0.217. The van der Waals surface area contributed by atoms with Crippen molar-refractivity contribution in [1.82, 2.24) is 4.90 Å². The Kier molecular flexibility index (Phi) is 4.30. The van der Waals surface area contributed by atoms with Gasteiger partial charge in [-0.05, 0) is 47.8 Å². The number of thiophene rings is 1. The van der Waals surface area contributed by atoms with Gasteiger partial charge in [0.1, 0.15) is 4.34 Å². The predicted molar refractivity (Wildman–Crippen MR) is 74.1 cm³/mol. The summed E-state index contributed by atoms with van der Waals surface area (Å²) in [6.07, 6.45) is 2.67. The maximum atomic E-state index is 6.03. The Morgan fingerprint density at radius 2 is 2.38 bits per heavy atom. The SMILES string of the molecule is CN(Cc1cc(Br)c(Cl)s1)C(CN)C1CC1. The zero-order valence-corrected chi connectivity index (χ0v) is 12.4. The second-order valence-corrected chi connectivity index (χ2v) is 6.98. The van der Waals surface area contributed by atoms with E-state index in [-0.39, 0.29) is 0 Å². The summed E-state index contributed by atoms with van der Waals surface area (Å²) in [4.78, 5) is 3.64. The van der Waals surface area contributed by atoms with Gasteiger partial charge < -0.3 is 5.73 Å². The Hall–Kier alpha value is 0.390. The van der Waals surface area contributed by atoms with Crippen molar-refractivity contribution in [2.45, 2.75) is 25.4 Å². The van der Waals surface area contributed by atoms with Crippen LogP contribution < -0.4 is 5.73 Å². The molecule has 0 bridgehead atoms. The van der Waals surface area contributed by atoms with Gasteiger partial charge in [-0.2, -0.15) is 0 Å². The van der Waals surface area contributed by atoms with Gasteiger partial charge in [-0.1, -0.05) is 11.6 Å². The highest BCUT2D eigenvalue weighted by Crippen LogP contribution is 2.36. The summed E-state index contributed by atoms with van der Waals surface area (Å²) in [5.41, 5.74) is 5.83. The summed E-state index contributed by atoms with van der Waals surface area (Å²) in [6, 6.07) is 2.63. The third kappa shape index (κ3) is 2.99. The van der Waals surface area contributed by atoms with Gasteiger partial charge >= 0.3 is 0 Å². The Morgan fingerprint density at radius 1 is 1.69 bits per heavy atom. The summed E-state index contributed by atoms with van der Waals surface area (Å²) in [7, 11) is 2.15. The highest BCUT2D eigenvalue weighted by Gasteiger charge is 2.32. The van der Waals surface area contributed by atoms with Crippen LogP contribution in [-0.2, 0) is 6.54 Å². The summed E-state index contributed by atoms with van der Waals surface area (Å²) in [5, 5.41) is 0. The fourth-order valence-electron chi connectivity index (χ4n) is 2.05. The van der Waals surface area contributed by atoms with Crippen LogP contribution in [0.3, 0.4) is 0 Å². The van der Waals surface area contributed by atoms with Crippen molar-refractivity contribution in [3.63, 3.8) is 0 Å². The molecule has 0 radical (unpaired) electrons. The predicted octanol–water partition coefficient (Wildman–Crippen LogP) is 3.33. The molecule has 1 atom stereocenters. The second kappa shape index (κ2) is 5.36. The molecule has 0 spiro atoms. The number of nitrogens with zero attached hydrogens (tertiary/aromatic N) is 1. The Bertz CT molecular complexity index is 345. The molecule has 1 aliphatic carbocycles. The zero-order chi connectivity index (χ0) is 11.7. The molecule has 1 aromatic rings. The van der Waals surface area contributed by atoms with Crippen LogP contribution in [0.25, 0.3) is 0 Å². The molecule has 1 saturated carbocycles. The third-order valence-corrected chi connectivity index (χ3v) is 5.53. The van der Waals surface area contributed by atoms with Crippen LogP contribution in [0.4, 0.5) is 0 Å². The number of hydrogen-bond acceptors (Lipinski definition) is 3. The topological polar surface area (TPSA) is 29.3 Å². The van der Waals surface area contributed by atoms with Gasteiger partial charge in [0, 0.05) is 28.5 Å². The number of hydrogen-bond donors (Lipinski definition) is 1. The van der Waals surface area contributed by atoms with Crippen molar-refractivity contribution < 1.29 is 0 Å². The van der Waals surface area contributed by atoms with E-state index < -0.39 is 0 Å². The van der Waals surface area contributed by atoms with Gasteiger partial charge in [0.05, 0.1) is 0 Å². The number of halogens is 2.